The number of hydrogen-bond acceptors (Lipinski definition) is 5. The second-order valence-electron chi connectivity index (χ2n) is 4.18. The van der Waals surface area contributed by atoms with Crippen molar-refractivity contribution in [3.05, 3.63) is 18.1 Å². The van der Waals surface area contributed by atoms with Crippen molar-refractivity contribution in [3.8, 4) is 0 Å². The molecule has 98 valence electrons. The lowest BCUT2D eigenvalue weighted by atomic mass is 10.3. The smallest absolute Gasteiger partial charge is 0.242 e. The van der Waals surface area contributed by atoms with Crippen LogP contribution in [0.2, 0.25) is 0 Å². The summed E-state index contributed by atoms with van der Waals surface area (Å²) in [4.78, 5) is 20.0. The van der Waals surface area contributed by atoms with Gasteiger partial charge >= 0.3 is 0 Å². The van der Waals surface area contributed by atoms with Crippen molar-refractivity contribution in [2.75, 3.05) is 5.32 Å². The van der Waals surface area contributed by atoms with Crippen LogP contribution in [-0.4, -0.2) is 32.9 Å². The number of nitrogens with one attached hydrogen (secondary N) is 2. The van der Waals surface area contributed by atoms with E-state index in [-0.39, 0.29) is 16.9 Å². The topological polar surface area (TPSA) is 92.9 Å². The number of anilines is 1. The normalized spacial score (nSPS) is 12.0. The Hall–Kier alpha value is -1.76. The first-order chi connectivity index (χ1) is 8.40. The van der Waals surface area contributed by atoms with Crippen molar-refractivity contribution >= 4 is 28.9 Å². The maximum absolute atomic E-state index is 11.7. The minimum atomic E-state index is -0.391. The lowest BCUT2D eigenvalue weighted by Gasteiger charge is -2.16. The summed E-state index contributed by atoms with van der Waals surface area (Å²) in [5.74, 6) is 0.409. The third-order valence-electron chi connectivity index (χ3n) is 2.09. The van der Waals surface area contributed by atoms with Crippen LogP contribution in [0.1, 0.15) is 26.5 Å². The van der Waals surface area contributed by atoms with Gasteiger partial charge in [-0.25, -0.2) is 9.97 Å². The predicted octanol–water partition coefficient (Wildman–Crippen LogP) is 0.436. The summed E-state index contributed by atoms with van der Waals surface area (Å²) in [5.41, 5.74) is 5.87. The van der Waals surface area contributed by atoms with Gasteiger partial charge in [0.2, 0.25) is 5.91 Å². The minimum Gasteiger partial charge on any atom is -0.388 e. The molecule has 1 unspecified atom stereocenters. The molecular weight excluding hydrogens is 250 g/mol. The van der Waals surface area contributed by atoms with Crippen LogP contribution in [0.4, 0.5) is 5.82 Å². The molecule has 1 heterocycles. The highest BCUT2D eigenvalue weighted by Gasteiger charge is 2.13. The standard InChI is InChI=1S/C11H17N5OS/c1-6(2)15-11(17)7(3)16-9-5-13-8(4-14-9)10(12)18/h4-7H,1-3H3,(H2,12,18)(H,14,16)(H,15,17). The van der Waals surface area contributed by atoms with Crippen molar-refractivity contribution < 1.29 is 4.79 Å². The Kier molecular flexibility index (Phi) is 4.96. The zero-order chi connectivity index (χ0) is 13.7. The van der Waals surface area contributed by atoms with Crippen LogP contribution < -0.4 is 16.4 Å². The summed E-state index contributed by atoms with van der Waals surface area (Å²) < 4.78 is 0. The van der Waals surface area contributed by atoms with E-state index >= 15 is 0 Å². The highest BCUT2D eigenvalue weighted by molar-refractivity contribution is 7.80. The van der Waals surface area contributed by atoms with Crippen LogP contribution in [0.5, 0.6) is 0 Å². The summed E-state index contributed by atoms with van der Waals surface area (Å²) in [6, 6.07) is -0.290. The van der Waals surface area contributed by atoms with Crippen LogP contribution in [0, 0.1) is 0 Å². The Balaban J connectivity index is 2.61. The maximum Gasteiger partial charge on any atom is 0.242 e. The third kappa shape index (κ3) is 4.25. The summed E-state index contributed by atoms with van der Waals surface area (Å²) in [7, 11) is 0. The van der Waals surface area contributed by atoms with Crippen molar-refractivity contribution in [2.45, 2.75) is 32.9 Å². The molecule has 18 heavy (non-hydrogen) atoms. The molecule has 0 aliphatic heterocycles. The van der Waals surface area contributed by atoms with Crippen LogP contribution in [0.25, 0.3) is 0 Å². The molecule has 0 fully saturated rings. The Morgan fingerprint density at radius 2 is 2.00 bits per heavy atom. The zero-order valence-corrected chi connectivity index (χ0v) is 11.4. The van der Waals surface area contributed by atoms with Gasteiger partial charge in [0.05, 0.1) is 12.4 Å². The number of carbonyl (C=O) groups excluding carboxylic acids is 1. The van der Waals surface area contributed by atoms with E-state index in [1.54, 1.807) is 6.92 Å². The van der Waals surface area contributed by atoms with Crippen molar-refractivity contribution in [1.82, 2.24) is 15.3 Å². The van der Waals surface area contributed by atoms with E-state index in [9.17, 15) is 4.79 Å². The molecule has 0 radical (unpaired) electrons. The molecule has 0 aliphatic rings. The molecule has 0 bridgehead atoms. The number of nitrogens with zero attached hydrogens (tertiary/aromatic N) is 2. The fourth-order valence-electron chi connectivity index (χ4n) is 1.23. The van der Waals surface area contributed by atoms with Gasteiger partial charge in [-0.1, -0.05) is 12.2 Å². The molecule has 1 aromatic rings. The molecule has 1 aromatic heterocycles. The molecule has 1 atom stereocenters. The first-order valence-corrected chi connectivity index (χ1v) is 5.99. The quantitative estimate of drug-likeness (QED) is 0.670. The molecule has 1 rings (SSSR count). The summed E-state index contributed by atoms with van der Waals surface area (Å²) >= 11 is 4.77. The van der Waals surface area contributed by atoms with Crippen LogP contribution >= 0.6 is 12.2 Å². The molecule has 0 aromatic carbocycles. The Bertz CT molecular complexity index is 432. The largest absolute Gasteiger partial charge is 0.388 e. The molecule has 0 saturated carbocycles. The number of thiocarbonyl (C=S) groups is 1. The molecule has 6 nitrogen and oxygen atoms in total. The Labute approximate surface area is 111 Å². The van der Waals surface area contributed by atoms with Gasteiger partial charge in [-0.05, 0) is 20.8 Å². The molecule has 4 N–H and O–H groups in total. The van der Waals surface area contributed by atoms with E-state index < -0.39 is 6.04 Å². The number of carbonyl (C=O) groups is 1. The van der Waals surface area contributed by atoms with Crippen LogP contribution in [0.15, 0.2) is 12.4 Å². The number of aromatic nitrogens is 2. The lowest BCUT2D eigenvalue weighted by molar-refractivity contribution is -0.122. The van der Waals surface area contributed by atoms with Gasteiger partial charge in [-0.15, -0.1) is 0 Å². The van der Waals surface area contributed by atoms with Gasteiger partial charge in [0.25, 0.3) is 0 Å². The van der Waals surface area contributed by atoms with Gasteiger partial charge in [-0.3, -0.25) is 4.79 Å². The highest BCUT2D eigenvalue weighted by Crippen LogP contribution is 2.03. The fourth-order valence-corrected chi connectivity index (χ4v) is 1.33. The van der Waals surface area contributed by atoms with Gasteiger partial charge in [0, 0.05) is 6.04 Å². The second kappa shape index (κ2) is 6.25. The number of nitrogens with two attached hydrogens (primary N) is 1. The van der Waals surface area contributed by atoms with E-state index in [4.69, 9.17) is 18.0 Å². The van der Waals surface area contributed by atoms with Gasteiger partial charge < -0.3 is 16.4 Å². The summed E-state index contributed by atoms with van der Waals surface area (Å²) in [5, 5.41) is 5.75. The SMILES string of the molecule is CC(C)NC(=O)C(C)Nc1cnc(C(N)=S)cn1. The summed E-state index contributed by atoms with van der Waals surface area (Å²) in [6.45, 7) is 5.56. The first kappa shape index (κ1) is 14.3. The maximum atomic E-state index is 11.7. The molecule has 1 amide bonds. The third-order valence-corrected chi connectivity index (χ3v) is 2.30. The van der Waals surface area contributed by atoms with Crippen molar-refractivity contribution in [3.63, 3.8) is 0 Å². The lowest BCUT2D eigenvalue weighted by Crippen LogP contribution is -2.41. The first-order valence-electron chi connectivity index (χ1n) is 5.59. The average molecular weight is 267 g/mol. The molecule has 7 heteroatoms. The van der Waals surface area contributed by atoms with Gasteiger partial charge in [-0.2, -0.15) is 0 Å². The van der Waals surface area contributed by atoms with Crippen LogP contribution in [0.3, 0.4) is 0 Å². The average Bonchev–Trinajstić information content (AvgIpc) is 2.28. The number of hydrogen-bond donors (Lipinski definition) is 3. The van der Waals surface area contributed by atoms with Gasteiger partial charge in [0.15, 0.2) is 0 Å². The fraction of sp³-hybridized carbons (Fsp3) is 0.455. The van der Waals surface area contributed by atoms with E-state index in [1.807, 2.05) is 13.8 Å². The van der Waals surface area contributed by atoms with Crippen LogP contribution in [-0.2, 0) is 4.79 Å². The molecule has 0 saturated heterocycles. The number of rotatable bonds is 5. The van der Waals surface area contributed by atoms with Crippen molar-refractivity contribution in [1.29, 1.82) is 0 Å². The Morgan fingerprint density at radius 1 is 1.33 bits per heavy atom. The summed E-state index contributed by atoms with van der Waals surface area (Å²) in [6.07, 6.45) is 2.96. The molecule has 0 aliphatic carbocycles. The molecular formula is C11H17N5OS. The molecule has 0 spiro atoms. The van der Waals surface area contributed by atoms with E-state index in [1.165, 1.54) is 12.4 Å². The van der Waals surface area contributed by atoms with E-state index in [0.29, 0.717) is 11.5 Å². The van der Waals surface area contributed by atoms with E-state index in [0.717, 1.165) is 0 Å². The Morgan fingerprint density at radius 3 is 2.44 bits per heavy atom. The minimum absolute atomic E-state index is 0.0924. The predicted molar refractivity (Wildman–Crippen MR) is 74.3 cm³/mol. The van der Waals surface area contributed by atoms with E-state index in [2.05, 4.69) is 20.6 Å². The highest BCUT2D eigenvalue weighted by atomic mass is 32.1. The van der Waals surface area contributed by atoms with Crippen molar-refractivity contribution in [2.24, 2.45) is 5.73 Å². The second-order valence-corrected chi connectivity index (χ2v) is 4.62. The zero-order valence-electron chi connectivity index (χ0n) is 10.6. The number of amides is 1. The monoisotopic (exact) mass is 267 g/mol. The van der Waals surface area contributed by atoms with Gasteiger partial charge in [0.1, 0.15) is 22.5 Å².